The lowest BCUT2D eigenvalue weighted by molar-refractivity contribution is 0.0969. The highest BCUT2D eigenvalue weighted by molar-refractivity contribution is 5.65. The summed E-state index contributed by atoms with van der Waals surface area (Å²) < 4.78 is 10.8. The van der Waals surface area contributed by atoms with Crippen molar-refractivity contribution in [1.29, 1.82) is 0 Å². The molecule has 2 rings (SSSR count). The Bertz CT molecular complexity index is 679. The van der Waals surface area contributed by atoms with Gasteiger partial charge in [-0.1, -0.05) is 69.2 Å². The molecule has 146 valence electrons. The van der Waals surface area contributed by atoms with Gasteiger partial charge in [0.15, 0.2) is 0 Å². The number of benzene rings is 2. The fourth-order valence-corrected chi connectivity index (χ4v) is 3.27. The SMILES string of the molecule is CCCc1cccc(OC(=O)OCCCCCc2ccccc2)c1CCC. The van der Waals surface area contributed by atoms with Gasteiger partial charge < -0.3 is 9.47 Å². The van der Waals surface area contributed by atoms with E-state index in [0.29, 0.717) is 12.4 Å². The Hall–Kier alpha value is -2.29. The Morgan fingerprint density at radius 1 is 0.815 bits per heavy atom. The van der Waals surface area contributed by atoms with Crippen LogP contribution >= 0.6 is 0 Å². The van der Waals surface area contributed by atoms with Gasteiger partial charge in [0.05, 0.1) is 6.61 Å². The van der Waals surface area contributed by atoms with Crippen LogP contribution in [0.3, 0.4) is 0 Å². The van der Waals surface area contributed by atoms with Crippen molar-refractivity contribution in [3.8, 4) is 5.75 Å². The summed E-state index contributed by atoms with van der Waals surface area (Å²) in [7, 11) is 0. The zero-order valence-electron chi connectivity index (χ0n) is 16.7. The fourth-order valence-electron chi connectivity index (χ4n) is 3.27. The van der Waals surface area contributed by atoms with E-state index < -0.39 is 6.16 Å². The lowest BCUT2D eigenvalue weighted by atomic mass is 9.99. The summed E-state index contributed by atoms with van der Waals surface area (Å²) in [6.45, 7) is 4.71. The molecule has 0 aliphatic carbocycles. The fraction of sp³-hybridized carbons (Fsp3) is 0.458. The molecule has 0 unspecified atom stereocenters. The van der Waals surface area contributed by atoms with Crippen LogP contribution in [-0.2, 0) is 24.0 Å². The quantitative estimate of drug-likeness (QED) is 0.257. The van der Waals surface area contributed by atoms with E-state index in [0.717, 1.165) is 56.9 Å². The van der Waals surface area contributed by atoms with Gasteiger partial charge in [-0.25, -0.2) is 4.79 Å². The van der Waals surface area contributed by atoms with E-state index in [1.165, 1.54) is 11.1 Å². The molecule has 27 heavy (non-hydrogen) atoms. The highest BCUT2D eigenvalue weighted by Crippen LogP contribution is 2.25. The van der Waals surface area contributed by atoms with Crippen LogP contribution in [0.2, 0.25) is 0 Å². The number of hydrogen-bond acceptors (Lipinski definition) is 3. The van der Waals surface area contributed by atoms with E-state index in [4.69, 9.17) is 9.47 Å². The van der Waals surface area contributed by atoms with Gasteiger partial charge in [0.1, 0.15) is 5.75 Å². The van der Waals surface area contributed by atoms with Gasteiger partial charge in [0.2, 0.25) is 0 Å². The zero-order chi connectivity index (χ0) is 19.3. The number of carbonyl (C=O) groups excluding carboxylic acids is 1. The monoisotopic (exact) mass is 368 g/mol. The molecule has 0 bridgehead atoms. The maximum atomic E-state index is 12.0. The van der Waals surface area contributed by atoms with Crippen molar-refractivity contribution in [2.75, 3.05) is 6.61 Å². The lowest BCUT2D eigenvalue weighted by Crippen LogP contribution is -2.13. The maximum Gasteiger partial charge on any atom is 0.513 e. The largest absolute Gasteiger partial charge is 0.513 e. The van der Waals surface area contributed by atoms with E-state index in [1.54, 1.807) is 0 Å². The first-order valence-electron chi connectivity index (χ1n) is 10.2. The third kappa shape index (κ3) is 7.46. The van der Waals surface area contributed by atoms with E-state index in [9.17, 15) is 4.79 Å². The first kappa shape index (κ1) is 21.0. The molecular weight excluding hydrogens is 336 g/mol. The second-order valence-corrected chi connectivity index (χ2v) is 6.89. The molecule has 0 N–H and O–H groups in total. The van der Waals surface area contributed by atoms with Gasteiger partial charge in [-0.15, -0.1) is 0 Å². The topological polar surface area (TPSA) is 35.5 Å². The number of hydrogen-bond donors (Lipinski definition) is 0. The third-order valence-corrected chi connectivity index (χ3v) is 4.62. The van der Waals surface area contributed by atoms with Crippen molar-refractivity contribution in [3.05, 3.63) is 65.2 Å². The van der Waals surface area contributed by atoms with Crippen LogP contribution in [0, 0.1) is 0 Å². The Morgan fingerprint density at radius 2 is 1.59 bits per heavy atom. The lowest BCUT2D eigenvalue weighted by Gasteiger charge is -2.14. The molecule has 0 spiro atoms. The summed E-state index contributed by atoms with van der Waals surface area (Å²) >= 11 is 0. The number of ether oxygens (including phenoxy) is 2. The normalized spacial score (nSPS) is 10.6. The van der Waals surface area contributed by atoms with Crippen molar-refractivity contribution in [2.45, 2.75) is 65.2 Å². The maximum absolute atomic E-state index is 12.0. The zero-order valence-corrected chi connectivity index (χ0v) is 16.7. The van der Waals surface area contributed by atoms with E-state index in [2.05, 4.69) is 44.2 Å². The van der Waals surface area contributed by atoms with Crippen molar-refractivity contribution >= 4 is 6.16 Å². The number of unbranched alkanes of at least 4 members (excludes halogenated alkanes) is 2. The molecule has 0 atom stereocenters. The molecule has 0 saturated carbocycles. The van der Waals surface area contributed by atoms with Crippen LogP contribution in [0.1, 0.15) is 62.6 Å². The van der Waals surface area contributed by atoms with Crippen LogP contribution < -0.4 is 4.74 Å². The van der Waals surface area contributed by atoms with Crippen LogP contribution in [0.4, 0.5) is 4.79 Å². The second kappa shape index (κ2) is 12.2. The molecule has 3 nitrogen and oxygen atoms in total. The van der Waals surface area contributed by atoms with Crippen LogP contribution in [0.5, 0.6) is 5.75 Å². The Labute approximate surface area is 163 Å². The number of rotatable bonds is 11. The molecule has 0 fully saturated rings. The molecule has 0 aliphatic heterocycles. The molecule has 0 saturated heterocycles. The van der Waals surface area contributed by atoms with Crippen LogP contribution in [0.25, 0.3) is 0 Å². The summed E-state index contributed by atoms with van der Waals surface area (Å²) in [5.41, 5.74) is 3.76. The van der Waals surface area contributed by atoms with E-state index >= 15 is 0 Å². The average Bonchev–Trinajstić information content (AvgIpc) is 2.68. The molecule has 0 aliphatic rings. The van der Waals surface area contributed by atoms with Gasteiger partial charge >= 0.3 is 6.16 Å². The molecule has 0 heterocycles. The predicted molar refractivity (Wildman–Crippen MR) is 110 cm³/mol. The standard InChI is InChI=1S/C24H32O3/c1-3-12-21-17-11-18-23(22(21)13-4-2)27-24(25)26-19-10-6-9-16-20-14-7-5-8-15-20/h5,7-8,11,14-15,17-18H,3-4,6,9-10,12-13,16,19H2,1-2H3. The molecule has 0 amide bonds. The third-order valence-electron chi connectivity index (χ3n) is 4.62. The summed E-state index contributed by atoms with van der Waals surface area (Å²) in [5, 5.41) is 0. The summed E-state index contributed by atoms with van der Waals surface area (Å²) in [4.78, 5) is 12.0. The van der Waals surface area contributed by atoms with Gasteiger partial charge in [0, 0.05) is 0 Å². The molecule has 2 aromatic carbocycles. The number of carbonyl (C=O) groups is 1. The van der Waals surface area contributed by atoms with Crippen LogP contribution in [0.15, 0.2) is 48.5 Å². The Balaban J connectivity index is 1.73. The van der Waals surface area contributed by atoms with E-state index in [-0.39, 0.29) is 0 Å². The first-order chi connectivity index (χ1) is 13.2. The minimum Gasteiger partial charge on any atom is -0.434 e. The predicted octanol–water partition coefficient (Wildman–Crippen LogP) is 6.52. The average molecular weight is 369 g/mol. The first-order valence-corrected chi connectivity index (χ1v) is 10.2. The highest BCUT2D eigenvalue weighted by Gasteiger charge is 2.13. The van der Waals surface area contributed by atoms with Crippen molar-refractivity contribution < 1.29 is 14.3 Å². The molecule has 2 aromatic rings. The molecular formula is C24H32O3. The molecule has 3 heteroatoms. The van der Waals surface area contributed by atoms with Gasteiger partial charge in [-0.3, -0.25) is 0 Å². The van der Waals surface area contributed by atoms with Gasteiger partial charge in [-0.05, 0) is 61.3 Å². The van der Waals surface area contributed by atoms with Crippen molar-refractivity contribution in [2.24, 2.45) is 0 Å². The van der Waals surface area contributed by atoms with Gasteiger partial charge in [0.25, 0.3) is 0 Å². The molecule has 0 radical (unpaired) electrons. The Morgan fingerprint density at radius 3 is 2.33 bits per heavy atom. The van der Waals surface area contributed by atoms with Crippen molar-refractivity contribution in [3.63, 3.8) is 0 Å². The summed E-state index contributed by atoms with van der Waals surface area (Å²) in [5.74, 6) is 0.650. The minimum absolute atomic E-state index is 0.408. The summed E-state index contributed by atoms with van der Waals surface area (Å²) in [6.07, 6.45) is 7.49. The smallest absolute Gasteiger partial charge is 0.434 e. The minimum atomic E-state index is -0.593. The van der Waals surface area contributed by atoms with Crippen molar-refractivity contribution in [1.82, 2.24) is 0 Å². The number of aryl methyl sites for hydroxylation is 2. The molecule has 0 aromatic heterocycles. The van der Waals surface area contributed by atoms with Crippen LogP contribution in [-0.4, -0.2) is 12.8 Å². The highest BCUT2D eigenvalue weighted by atomic mass is 16.7. The second-order valence-electron chi connectivity index (χ2n) is 6.89. The summed E-state index contributed by atoms with van der Waals surface area (Å²) in [6, 6.07) is 16.4. The van der Waals surface area contributed by atoms with Gasteiger partial charge in [-0.2, -0.15) is 0 Å². The van der Waals surface area contributed by atoms with E-state index in [1.807, 2.05) is 18.2 Å². The Kier molecular flexibility index (Phi) is 9.47.